The quantitative estimate of drug-likeness (QED) is 0.602. The van der Waals surface area contributed by atoms with Crippen LogP contribution in [0.5, 0.6) is 0 Å². The maximum absolute atomic E-state index is 11.8. The van der Waals surface area contributed by atoms with E-state index in [0.29, 0.717) is 12.1 Å². The number of allylic oxidation sites excluding steroid dienone is 1. The van der Waals surface area contributed by atoms with E-state index in [4.69, 9.17) is 0 Å². The highest BCUT2D eigenvalue weighted by molar-refractivity contribution is 5.93. The standard InChI is InChI=1S/C12H16N2O2/c1-3-4-5-8-14(2)12(16)10-6-7-13-11(15)9-10/h3,6-7,9H,1,4-5,8H2,2H3,(H,13,15). The summed E-state index contributed by atoms with van der Waals surface area (Å²) in [6.07, 6.45) is 5.07. The van der Waals surface area contributed by atoms with Gasteiger partial charge in [-0.25, -0.2) is 0 Å². The van der Waals surface area contributed by atoms with E-state index in [9.17, 15) is 9.59 Å². The first-order valence-electron chi connectivity index (χ1n) is 5.20. The van der Waals surface area contributed by atoms with Crippen LogP contribution in [0.25, 0.3) is 0 Å². The molecule has 0 aliphatic carbocycles. The molecule has 4 heteroatoms. The lowest BCUT2D eigenvalue weighted by Gasteiger charge is -2.16. The Morgan fingerprint density at radius 3 is 3.00 bits per heavy atom. The Hall–Kier alpha value is -1.84. The van der Waals surface area contributed by atoms with Crippen molar-refractivity contribution in [1.82, 2.24) is 9.88 Å². The minimum Gasteiger partial charge on any atom is -0.342 e. The third-order valence-corrected chi connectivity index (χ3v) is 2.27. The van der Waals surface area contributed by atoms with Crippen LogP contribution in [-0.4, -0.2) is 29.4 Å². The van der Waals surface area contributed by atoms with Gasteiger partial charge in [-0.3, -0.25) is 9.59 Å². The molecule has 0 atom stereocenters. The number of pyridine rings is 1. The van der Waals surface area contributed by atoms with Crippen LogP contribution in [0.1, 0.15) is 23.2 Å². The highest BCUT2D eigenvalue weighted by Crippen LogP contribution is 2.01. The second-order valence-corrected chi connectivity index (χ2v) is 3.60. The molecule has 0 spiro atoms. The summed E-state index contributed by atoms with van der Waals surface area (Å²) in [6.45, 7) is 4.29. The SMILES string of the molecule is C=CCCCN(C)C(=O)c1cc[nH]c(=O)c1. The zero-order valence-electron chi connectivity index (χ0n) is 9.40. The average Bonchev–Trinajstić information content (AvgIpc) is 2.28. The minimum absolute atomic E-state index is 0.129. The predicted molar refractivity (Wildman–Crippen MR) is 63.5 cm³/mol. The van der Waals surface area contributed by atoms with E-state index in [1.807, 2.05) is 6.08 Å². The fourth-order valence-corrected chi connectivity index (χ4v) is 1.37. The Kier molecular flexibility index (Phi) is 4.51. The number of rotatable bonds is 5. The summed E-state index contributed by atoms with van der Waals surface area (Å²) in [5.74, 6) is -0.129. The van der Waals surface area contributed by atoms with Gasteiger partial charge in [0.25, 0.3) is 5.91 Å². The number of hydrogen-bond acceptors (Lipinski definition) is 2. The van der Waals surface area contributed by atoms with Gasteiger partial charge in [-0.15, -0.1) is 6.58 Å². The van der Waals surface area contributed by atoms with E-state index < -0.39 is 0 Å². The summed E-state index contributed by atoms with van der Waals surface area (Å²) in [5.41, 5.74) is 0.162. The number of nitrogens with one attached hydrogen (secondary N) is 1. The molecule has 0 aromatic carbocycles. The van der Waals surface area contributed by atoms with Crippen molar-refractivity contribution < 1.29 is 4.79 Å². The van der Waals surface area contributed by atoms with Gasteiger partial charge in [-0.05, 0) is 18.9 Å². The molecule has 0 saturated carbocycles. The molecule has 4 nitrogen and oxygen atoms in total. The summed E-state index contributed by atoms with van der Waals surface area (Å²) in [7, 11) is 1.73. The molecule has 1 amide bonds. The van der Waals surface area contributed by atoms with Crippen molar-refractivity contribution in [3.63, 3.8) is 0 Å². The number of unbranched alkanes of at least 4 members (excludes halogenated alkanes) is 1. The number of amides is 1. The van der Waals surface area contributed by atoms with Gasteiger partial charge in [-0.2, -0.15) is 0 Å². The van der Waals surface area contributed by atoms with Gasteiger partial charge >= 0.3 is 0 Å². The molecule has 1 rings (SSSR count). The van der Waals surface area contributed by atoms with E-state index >= 15 is 0 Å². The third-order valence-electron chi connectivity index (χ3n) is 2.27. The zero-order chi connectivity index (χ0) is 12.0. The van der Waals surface area contributed by atoms with E-state index in [0.717, 1.165) is 12.8 Å². The summed E-state index contributed by atoms with van der Waals surface area (Å²) >= 11 is 0. The molecular formula is C12H16N2O2. The van der Waals surface area contributed by atoms with Gasteiger partial charge < -0.3 is 9.88 Å². The van der Waals surface area contributed by atoms with Gasteiger partial charge in [0.1, 0.15) is 0 Å². The Balaban J connectivity index is 2.63. The first-order chi connectivity index (χ1) is 7.65. The number of hydrogen-bond donors (Lipinski definition) is 1. The smallest absolute Gasteiger partial charge is 0.253 e. The fraction of sp³-hybridized carbons (Fsp3) is 0.333. The molecule has 0 saturated heterocycles. The van der Waals surface area contributed by atoms with Crippen molar-refractivity contribution in [2.24, 2.45) is 0 Å². The number of carbonyl (C=O) groups excluding carboxylic acids is 1. The second-order valence-electron chi connectivity index (χ2n) is 3.60. The van der Waals surface area contributed by atoms with Crippen LogP contribution in [0.3, 0.4) is 0 Å². The molecule has 1 heterocycles. The van der Waals surface area contributed by atoms with Crippen molar-refractivity contribution in [1.29, 1.82) is 0 Å². The van der Waals surface area contributed by atoms with Gasteiger partial charge in [0, 0.05) is 31.4 Å². The molecule has 0 unspecified atom stereocenters. The normalized spacial score (nSPS) is 9.81. The van der Waals surface area contributed by atoms with Crippen molar-refractivity contribution in [3.8, 4) is 0 Å². The maximum atomic E-state index is 11.8. The lowest BCUT2D eigenvalue weighted by molar-refractivity contribution is 0.0793. The first-order valence-corrected chi connectivity index (χ1v) is 5.20. The van der Waals surface area contributed by atoms with E-state index in [1.54, 1.807) is 18.0 Å². The van der Waals surface area contributed by atoms with Crippen molar-refractivity contribution in [3.05, 3.63) is 46.9 Å². The summed E-state index contributed by atoms with van der Waals surface area (Å²) in [4.78, 5) is 27.0. The minimum atomic E-state index is -0.259. The topological polar surface area (TPSA) is 53.2 Å². The molecule has 0 radical (unpaired) electrons. The predicted octanol–water partition coefficient (Wildman–Crippen LogP) is 1.41. The molecule has 1 N–H and O–H groups in total. The van der Waals surface area contributed by atoms with Crippen LogP contribution in [0, 0.1) is 0 Å². The Morgan fingerprint density at radius 1 is 1.62 bits per heavy atom. The van der Waals surface area contributed by atoms with E-state index in [1.165, 1.54) is 12.3 Å². The Bertz CT molecular complexity index is 423. The van der Waals surface area contributed by atoms with Gasteiger partial charge in [0.15, 0.2) is 0 Å². The van der Waals surface area contributed by atoms with Crippen molar-refractivity contribution in [2.75, 3.05) is 13.6 Å². The van der Waals surface area contributed by atoms with Crippen LogP contribution < -0.4 is 5.56 Å². The monoisotopic (exact) mass is 220 g/mol. The summed E-state index contributed by atoms with van der Waals surface area (Å²) in [6, 6.07) is 2.92. The zero-order valence-corrected chi connectivity index (χ0v) is 9.40. The van der Waals surface area contributed by atoms with Crippen LogP contribution in [0.2, 0.25) is 0 Å². The average molecular weight is 220 g/mol. The second kappa shape index (κ2) is 5.90. The summed E-state index contributed by atoms with van der Waals surface area (Å²) in [5, 5.41) is 0. The lowest BCUT2D eigenvalue weighted by atomic mass is 10.2. The van der Waals surface area contributed by atoms with Crippen LogP contribution >= 0.6 is 0 Å². The molecule has 0 aliphatic heterocycles. The van der Waals surface area contributed by atoms with Gasteiger partial charge in [0.05, 0.1) is 0 Å². The highest BCUT2D eigenvalue weighted by Gasteiger charge is 2.10. The van der Waals surface area contributed by atoms with Crippen LogP contribution in [0.4, 0.5) is 0 Å². The fourth-order valence-electron chi connectivity index (χ4n) is 1.37. The van der Waals surface area contributed by atoms with Crippen molar-refractivity contribution >= 4 is 5.91 Å². The van der Waals surface area contributed by atoms with Gasteiger partial charge in [0.2, 0.25) is 5.56 Å². The van der Waals surface area contributed by atoms with E-state index in [-0.39, 0.29) is 11.5 Å². The lowest BCUT2D eigenvalue weighted by Crippen LogP contribution is -2.28. The third kappa shape index (κ3) is 3.38. The molecule has 0 bridgehead atoms. The number of carbonyl (C=O) groups is 1. The number of H-pyrrole nitrogens is 1. The molecule has 1 aromatic rings. The molecule has 86 valence electrons. The molecule has 0 fully saturated rings. The van der Waals surface area contributed by atoms with Crippen LogP contribution in [-0.2, 0) is 0 Å². The first kappa shape index (κ1) is 12.2. The number of aromatic nitrogens is 1. The molecule has 1 aromatic heterocycles. The number of nitrogens with zero attached hydrogens (tertiary/aromatic N) is 1. The molecule has 0 aliphatic rings. The van der Waals surface area contributed by atoms with Crippen LogP contribution in [0.15, 0.2) is 35.8 Å². The highest BCUT2D eigenvalue weighted by atomic mass is 16.2. The summed E-state index contributed by atoms with van der Waals surface area (Å²) < 4.78 is 0. The number of aromatic amines is 1. The Morgan fingerprint density at radius 2 is 2.38 bits per heavy atom. The van der Waals surface area contributed by atoms with Gasteiger partial charge in [-0.1, -0.05) is 6.08 Å². The van der Waals surface area contributed by atoms with Crippen molar-refractivity contribution in [2.45, 2.75) is 12.8 Å². The van der Waals surface area contributed by atoms with E-state index in [2.05, 4.69) is 11.6 Å². The largest absolute Gasteiger partial charge is 0.342 e. The maximum Gasteiger partial charge on any atom is 0.253 e. The molecule has 16 heavy (non-hydrogen) atoms. The Labute approximate surface area is 94.6 Å². The molecular weight excluding hydrogens is 204 g/mol.